The molecule has 2 heterocycles. The Morgan fingerprint density at radius 1 is 1.09 bits per heavy atom. The van der Waals surface area contributed by atoms with Crippen molar-refractivity contribution in [2.45, 2.75) is 128 Å². The number of sulfonamides is 1. The highest BCUT2D eigenvalue weighted by atomic mass is 35.5. The minimum atomic E-state index is -3.17. The van der Waals surface area contributed by atoms with Gasteiger partial charge in [0.2, 0.25) is 10.0 Å². The number of carboxylic acid groups (broad SMARTS) is 1. The van der Waals surface area contributed by atoms with Gasteiger partial charge in [0.25, 0.3) is 0 Å². The summed E-state index contributed by atoms with van der Waals surface area (Å²) in [6.45, 7) is 8.03. The zero-order valence-electron chi connectivity index (χ0n) is 27.1. The third-order valence-corrected chi connectivity index (χ3v) is 8.58. The predicted molar refractivity (Wildman–Crippen MR) is 175 cm³/mol. The molecule has 9 nitrogen and oxygen atoms in total. The highest BCUT2D eigenvalue weighted by Crippen LogP contribution is 2.42. The van der Waals surface area contributed by atoms with Gasteiger partial charge >= 0.3 is 5.97 Å². The summed E-state index contributed by atoms with van der Waals surface area (Å²) in [6, 6.07) is 0. The number of ether oxygens (including phenoxy) is 4. The van der Waals surface area contributed by atoms with Gasteiger partial charge in [-0.2, -0.15) is 0 Å². The average Bonchev–Trinajstić information content (AvgIpc) is 3.24. The number of primary sulfonamides is 1. The normalized spacial score (nSPS) is 29.2. The molecule has 0 aromatic carbocycles. The molecule has 2 aliphatic heterocycles. The van der Waals surface area contributed by atoms with E-state index in [0.29, 0.717) is 12.3 Å². The Kier molecular flexibility index (Phi) is 18.4. The Morgan fingerprint density at radius 2 is 1.73 bits per heavy atom. The molecule has 1 aliphatic carbocycles. The molecular weight excluding hydrogens is 606 g/mol. The molecule has 3 N–H and O–H groups in total. The van der Waals surface area contributed by atoms with Crippen molar-refractivity contribution in [3.05, 3.63) is 36.0 Å². The number of aliphatic carboxylic acids is 1. The van der Waals surface area contributed by atoms with Gasteiger partial charge in [0, 0.05) is 30.9 Å². The highest BCUT2D eigenvalue weighted by molar-refractivity contribution is 7.88. The van der Waals surface area contributed by atoms with Gasteiger partial charge in [-0.05, 0) is 96.3 Å². The van der Waals surface area contributed by atoms with Gasteiger partial charge < -0.3 is 24.1 Å². The summed E-state index contributed by atoms with van der Waals surface area (Å²) in [6.07, 6.45) is 22.2. The maximum atomic E-state index is 10.8. The number of carbonyl (C=O) groups is 1. The number of alkyl halides is 1. The third kappa shape index (κ3) is 16.9. The first kappa shape index (κ1) is 38.9. The van der Waals surface area contributed by atoms with E-state index < -0.39 is 16.0 Å². The van der Waals surface area contributed by atoms with Gasteiger partial charge in [-0.15, -0.1) is 11.6 Å². The first-order valence-corrected chi connectivity index (χ1v) is 18.6. The zero-order chi connectivity index (χ0) is 32.5. The van der Waals surface area contributed by atoms with E-state index in [1.807, 2.05) is 0 Å². The number of halogens is 1. The van der Waals surface area contributed by atoms with Crippen molar-refractivity contribution in [1.29, 1.82) is 0 Å². The number of carboxylic acids is 1. The second kappa shape index (κ2) is 20.8. The molecule has 254 valence electrons. The van der Waals surface area contributed by atoms with E-state index in [1.54, 1.807) is 0 Å². The van der Waals surface area contributed by atoms with Gasteiger partial charge in [-0.3, -0.25) is 4.79 Å². The Balaban J connectivity index is 0.00000125. The third-order valence-electron chi connectivity index (χ3n) is 8.08. The van der Waals surface area contributed by atoms with Crippen LogP contribution in [-0.2, 0) is 33.8 Å². The minimum absolute atomic E-state index is 0.000976. The van der Waals surface area contributed by atoms with Crippen molar-refractivity contribution >= 4 is 27.6 Å². The second-order valence-electron chi connectivity index (χ2n) is 12.6. The monoisotopic (exact) mass is 661 g/mol. The minimum Gasteiger partial charge on any atom is -0.481 e. The molecule has 8 atom stereocenters. The zero-order valence-corrected chi connectivity index (χ0v) is 28.6. The standard InChI is InChI=1S/C32H51ClO6.CH5NO2S/c1-23(2)16-17-24(3)28(38-31-14-8-10-20-36-31)19-18-26-25(12-6-4-5-7-13-30(34)35)27(33)22-29(26)39-32-15-9-11-21-37-32;1-5(2,3)4/h4,6,16,18-19,24-29,31-32H,5,7-15,17,20-22H2,1-3H3,(H,34,35);1H3,(H2,2,3,4)/b6-4-,19-18+;/t24?,25-,26-,27-,28-,29-,31?,32?;/m1./s1. The lowest BCUT2D eigenvalue weighted by atomic mass is 9.89. The fourth-order valence-corrected chi connectivity index (χ4v) is 6.15. The Hall–Kier alpha value is -1.27. The van der Waals surface area contributed by atoms with Crippen LogP contribution in [0.3, 0.4) is 0 Å². The van der Waals surface area contributed by atoms with Crippen LogP contribution < -0.4 is 5.14 Å². The number of nitrogens with two attached hydrogens (primary N) is 1. The number of hydrogen-bond acceptors (Lipinski definition) is 7. The SMILES string of the molecule is CC(C)=CCC(C)[C@@H](/C=C/[C@@H]1[C@@H](C/C=C\CCCC(=O)O)[C@H](Cl)C[C@H]1OC1CCCCO1)OC1CCCCO1.CS(N)(=O)=O. The molecule has 0 spiro atoms. The lowest BCUT2D eigenvalue weighted by Crippen LogP contribution is -2.32. The van der Waals surface area contributed by atoms with E-state index in [4.69, 9.17) is 35.7 Å². The van der Waals surface area contributed by atoms with Crippen LogP contribution in [0.2, 0.25) is 0 Å². The summed E-state index contributed by atoms with van der Waals surface area (Å²) >= 11 is 6.96. The first-order valence-electron chi connectivity index (χ1n) is 16.2. The largest absolute Gasteiger partial charge is 0.481 e. The molecule has 0 radical (unpaired) electrons. The van der Waals surface area contributed by atoms with Crippen LogP contribution in [0.25, 0.3) is 0 Å². The van der Waals surface area contributed by atoms with Crippen molar-refractivity contribution in [1.82, 2.24) is 0 Å². The topological polar surface area (TPSA) is 134 Å². The molecule has 2 saturated heterocycles. The Bertz CT molecular complexity index is 1010. The maximum absolute atomic E-state index is 10.8. The van der Waals surface area contributed by atoms with Crippen LogP contribution >= 0.6 is 11.6 Å². The van der Waals surface area contributed by atoms with Crippen molar-refractivity contribution in [3.8, 4) is 0 Å². The Morgan fingerprint density at radius 3 is 2.30 bits per heavy atom. The van der Waals surface area contributed by atoms with Gasteiger partial charge in [0.05, 0.1) is 18.5 Å². The molecule has 0 bridgehead atoms. The number of rotatable bonds is 15. The maximum Gasteiger partial charge on any atom is 0.303 e. The van der Waals surface area contributed by atoms with E-state index >= 15 is 0 Å². The van der Waals surface area contributed by atoms with Crippen LogP contribution in [-0.4, -0.2) is 69.1 Å². The highest BCUT2D eigenvalue weighted by Gasteiger charge is 2.42. The fourth-order valence-electron chi connectivity index (χ4n) is 5.70. The summed E-state index contributed by atoms with van der Waals surface area (Å²) in [5.74, 6) is -0.0597. The lowest BCUT2D eigenvalue weighted by molar-refractivity contribution is -0.193. The molecule has 11 heteroatoms. The smallest absolute Gasteiger partial charge is 0.303 e. The summed E-state index contributed by atoms with van der Waals surface area (Å²) < 4.78 is 43.8. The van der Waals surface area contributed by atoms with Crippen molar-refractivity contribution in [2.24, 2.45) is 22.9 Å². The van der Waals surface area contributed by atoms with Gasteiger partial charge in [0.15, 0.2) is 12.6 Å². The van der Waals surface area contributed by atoms with Gasteiger partial charge in [-0.25, -0.2) is 13.6 Å². The lowest BCUT2D eigenvalue weighted by Gasteiger charge is -2.31. The molecule has 3 fully saturated rings. The van der Waals surface area contributed by atoms with Crippen LogP contribution in [0, 0.1) is 17.8 Å². The van der Waals surface area contributed by atoms with Gasteiger partial charge in [-0.1, -0.05) is 42.9 Å². The van der Waals surface area contributed by atoms with Crippen LogP contribution in [0.5, 0.6) is 0 Å². The summed E-state index contributed by atoms with van der Waals surface area (Å²) in [5.41, 5.74) is 1.32. The summed E-state index contributed by atoms with van der Waals surface area (Å²) in [4.78, 5) is 10.8. The molecule has 44 heavy (non-hydrogen) atoms. The number of hydrogen-bond donors (Lipinski definition) is 2. The first-order chi connectivity index (χ1) is 20.8. The van der Waals surface area contributed by atoms with E-state index in [9.17, 15) is 13.2 Å². The van der Waals surface area contributed by atoms with Crippen molar-refractivity contribution in [2.75, 3.05) is 19.5 Å². The summed E-state index contributed by atoms with van der Waals surface area (Å²) in [7, 11) is -3.17. The van der Waals surface area contributed by atoms with Crippen LogP contribution in [0.1, 0.15) is 97.8 Å². The van der Waals surface area contributed by atoms with Crippen molar-refractivity contribution in [3.63, 3.8) is 0 Å². The molecule has 0 amide bonds. The van der Waals surface area contributed by atoms with E-state index in [1.165, 1.54) is 5.57 Å². The fraction of sp³-hybridized carbons (Fsp3) is 0.788. The summed E-state index contributed by atoms with van der Waals surface area (Å²) in [5, 5.41) is 13.2. The quantitative estimate of drug-likeness (QED) is 0.112. The van der Waals surface area contributed by atoms with E-state index in [-0.39, 0.29) is 48.4 Å². The Labute approximate surface area is 270 Å². The molecule has 3 aliphatic rings. The second-order valence-corrected chi connectivity index (χ2v) is 14.8. The molecule has 0 aromatic heterocycles. The van der Waals surface area contributed by atoms with Crippen molar-refractivity contribution < 1.29 is 37.3 Å². The van der Waals surface area contributed by atoms with Crippen LogP contribution in [0.15, 0.2) is 36.0 Å². The van der Waals surface area contributed by atoms with Gasteiger partial charge in [0.1, 0.15) is 0 Å². The van der Waals surface area contributed by atoms with E-state index in [2.05, 4.69) is 56.3 Å². The molecule has 0 aromatic rings. The number of unbranched alkanes of at least 4 members (excludes halogenated alkanes) is 1. The van der Waals surface area contributed by atoms with Crippen LogP contribution in [0.4, 0.5) is 0 Å². The van der Waals surface area contributed by atoms with E-state index in [0.717, 1.165) is 83.7 Å². The predicted octanol–water partition coefficient (Wildman–Crippen LogP) is 6.71. The molecular formula is C33H56ClNO8S. The average molecular weight is 662 g/mol. The number of allylic oxidation sites excluding steroid dienone is 4. The molecule has 3 rings (SSSR count). The molecule has 1 saturated carbocycles. The molecule has 3 unspecified atom stereocenters.